The summed E-state index contributed by atoms with van der Waals surface area (Å²) in [4.78, 5) is 6.72. The van der Waals surface area contributed by atoms with E-state index < -0.39 is 0 Å². The zero-order valence-corrected chi connectivity index (χ0v) is 18.3. The van der Waals surface area contributed by atoms with E-state index in [0.29, 0.717) is 18.1 Å². The molecule has 0 bridgehead atoms. The number of nitrogens with zero attached hydrogens (tertiary/aromatic N) is 2. The van der Waals surface area contributed by atoms with E-state index in [9.17, 15) is 0 Å². The molecule has 156 valence electrons. The highest BCUT2D eigenvalue weighted by Gasteiger charge is 2.58. The molecule has 1 aromatic rings. The summed E-state index contributed by atoms with van der Waals surface area (Å²) in [5, 5.41) is 3.72. The molecule has 2 aliphatic rings. The number of benzene rings is 1. The Labute approximate surface area is 169 Å². The van der Waals surface area contributed by atoms with Crippen LogP contribution in [0, 0.1) is 18.3 Å². The summed E-state index contributed by atoms with van der Waals surface area (Å²) in [6, 6.07) is 4.46. The van der Waals surface area contributed by atoms with Gasteiger partial charge in [-0.3, -0.25) is 4.99 Å². The van der Waals surface area contributed by atoms with Crippen molar-refractivity contribution in [3.8, 4) is 11.5 Å². The molecule has 3 rings (SSSR count). The number of aliphatic imine (C=N–C) groups is 1. The third-order valence-corrected chi connectivity index (χ3v) is 6.44. The maximum atomic E-state index is 6.04. The number of nitrogens with one attached hydrogen (secondary N) is 1. The maximum Gasteiger partial charge on any atom is 0.193 e. The van der Waals surface area contributed by atoms with E-state index >= 15 is 0 Å². The predicted octanol–water partition coefficient (Wildman–Crippen LogP) is 3.22. The van der Waals surface area contributed by atoms with Crippen LogP contribution in [-0.4, -0.2) is 57.9 Å². The van der Waals surface area contributed by atoms with E-state index in [2.05, 4.69) is 49.1 Å². The minimum absolute atomic E-state index is 0.112. The van der Waals surface area contributed by atoms with E-state index in [-0.39, 0.29) is 5.41 Å². The van der Waals surface area contributed by atoms with Gasteiger partial charge in [-0.05, 0) is 43.0 Å². The molecule has 1 N–H and O–H groups in total. The average Bonchev–Trinajstić information content (AvgIpc) is 2.69. The van der Waals surface area contributed by atoms with Crippen molar-refractivity contribution in [2.24, 2.45) is 16.3 Å². The highest BCUT2D eigenvalue weighted by molar-refractivity contribution is 5.80. The van der Waals surface area contributed by atoms with Gasteiger partial charge in [0, 0.05) is 44.6 Å². The standard InChI is InChI=1S/C22H35N3O3/c1-14-11-17(26-6)18(27-7)12-15(14)13-25(5)21(23-4)24-19-16-9-8-10-28-20(16)22(19,2)3/h11-12,16,19-20H,8-10,13H2,1-7H3,(H,23,24). The van der Waals surface area contributed by atoms with Crippen molar-refractivity contribution in [1.82, 2.24) is 10.2 Å². The topological polar surface area (TPSA) is 55.3 Å². The molecule has 0 amide bonds. The quantitative estimate of drug-likeness (QED) is 0.619. The van der Waals surface area contributed by atoms with Gasteiger partial charge in [0.15, 0.2) is 17.5 Å². The second kappa shape index (κ2) is 8.19. The first-order valence-corrected chi connectivity index (χ1v) is 10.1. The van der Waals surface area contributed by atoms with Gasteiger partial charge in [0.2, 0.25) is 0 Å². The van der Waals surface area contributed by atoms with Crippen LogP contribution in [0.3, 0.4) is 0 Å². The number of methoxy groups -OCH3 is 2. The molecule has 1 aromatic carbocycles. The molecule has 3 atom stereocenters. The van der Waals surface area contributed by atoms with Gasteiger partial charge in [0.25, 0.3) is 0 Å². The van der Waals surface area contributed by atoms with Crippen LogP contribution in [0.2, 0.25) is 0 Å². The number of guanidine groups is 1. The Morgan fingerprint density at radius 2 is 1.96 bits per heavy atom. The largest absolute Gasteiger partial charge is 0.493 e. The summed E-state index contributed by atoms with van der Waals surface area (Å²) in [5.41, 5.74) is 2.47. The second-order valence-corrected chi connectivity index (χ2v) is 8.58. The Morgan fingerprint density at radius 1 is 1.29 bits per heavy atom. The van der Waals surface area contributed by atoms with Crippen LogP contribution >= 0.6 is 0 Å². The SMILES string of the molecule is CN=C(NC1C2CCCOC2C1(C)C)N(C)Cc1cc(OC)c(OC)cc1C. The van der Waals surface area contributed by atoms with Gasteiger partial charge in [-0.2, -0.15) is 0 Å². The molecule has 2 fully saturated rings. The van der Waals surface area contributed by atoms with Crippen molar-refractivity contribution in [3.63, 3.8) is 0 Å². The van der Waals surface area contributed by atoms with Crippen molar-refractivity contribution < 1.29 is 14.2 Å². The molecule has 28 heavy (non-hydrogen) atoms. The summed E-state index contributed by atoms with van der Waals surface area (Å²) in [7, 11) is 7.26. The number of ether oxygens (including phenoxy) is 3. The first kappa shape index (κ1) is 20.8. The molecule has 1 saturated heterocycles. The zero-order valence-electron chi connectivity index (χ0n) is 18.3. The Hall–Kier alpha value is -1.95. The summed E-state index contributed by atoms with van der Waals surface area (Å²) in [6.07, 6.45) is 2.73. The van der Waals surface area contributed by atoms with E-state index in [1.54, 1.807) is 14.2 Å². The maximum absolute atomic E-state index is 6.04. The minimum Gasteiger partial charge on any atom is -0.493 e. The Bertz CT molecular complexity index is 732. The molecule has 6 nitrogen and oxygen atoms in total. The van der Waals surface area contributed by atoms with Crippen LogP contribution in [0.1, 0.15) is 37.8 Å². The van der Waals surface area contributed by atoms with Gasteiger partial charge in [0.1, 0.15) is 0 Å². The number of aryl methyl sites for hydroxylation is 1. The summed E-state index contributed by atoms with van der Waals surface area (Å²) < 4.78 is 16.9. The Kier molecular flexibility index (Phi) is 6.08. The van der Waals surface area contributed by atoms with E-state index in [1.165, 1.54) is 17.5 Å². The van der Waals surface area contributed by atoms with Gasteiger partial charge < -0.3 is 24.4 Å². The first-order valence-electron chi connectivity index (χ1n) is 10.1. The lowest BCUT2D eigenvalue weighted by molar-refractivity contribution is -0.188. The van der Waals surface area contributed by atoms with E-state index in [1.807, 2.05) is 13.1 Å². The molecule has 1 saturated carbocycles. The lowest BCUT2D eigenvalue weighted by atomic mass is 9.55. The number of fused-ring (bicyclic) bond motifs is 1. The van der Waals surface area contributed by atoms with Crippen LogP contribution in [-0.2, 0) is 11.3 Å². The molecule has 0 radical (unpaired) electrons. The third-order valence-electron chi connectivity index (χ3n) is 6.44. The minimum atomic E-state index is 0.112. The molecule has 0 spiro atoms. The van der Waals surface area contributed by atoms with Gasteiger partial charge in [-0.25, -0.2) is 0 Å². The third kappa shape index (κ3) is 3.66. The predicted molar refractivity (Wildman–Crippen MR) is 112 cm³/mol. The summed E-state index contributed by atoms with van der Waals surface area (Å²) in [5.74, 6) is 2.99. The molecular weight excluding hydrogens is 354 g/mol. The van der Waals surface area contributed by atoms with Crippen LogP contribution in [0.5, 0.6) is 11.5 Å². The molecule has 1 aliphatic carbocycles. The van der Waals surface area contributed by atoms with Gasteiger partial charge in [-0.1, -0.05) is 13.8 Å². The van der Waals surface area contributed by atoms with Crippen molar-refractivity contribution in [2.75, 3.05) is 34.9 Å². The lowest BCUT2D eigenvalue weighted by Gasteiger charge is -2.60. The molecule has 1 aliphatic heterocycles. The average molecular weight is 390 g/mol. The van der Waals surface area contributed by atoms with Gasteiger partial charge in [0.05, 0.1) is 20.3 Å². The smallest absolute Gasteiger partial charge is 0.193 e. The lowest BCUT2D eigenvalue weighted by Crippen LogP contribution is -2.71. The van der Waals surface area contributed by atoms with Crippen molar-refractivity contribution in [3.05, 3.63) is 23.3 Å². The highest BCUT2D eigenvalue weighted by Crippen LogP contribution is 2.51. The van der Waals surface area contributed by atoms with Crippen LogP contribution in [0.15, 0.2) is 17.1 Å². The normalized spacial score (nSPS) is 26.1. The summed E-state index contributed by atoms with van der Waals surface area (Å²) in [6.45, 7) is 8.32. The molecule has 0 aromatic heterocycles. The van der Waals surface area contributed by atoms with Crippen LogP contribution in [0.25, 0.3) is 0 Å². The van der Waals surface area contributed by atoms with Crippen LogP contribution < -0.4 is 14.8 Å². The Morgan fingerprint density at radius 3 is 2.61 bits per heavy atom. The fraction of sp³-hybridized carbons (Fsp3) is 0.682. The van der Waals surface area contributed by atoms with E-state index in [0.717, 1.165) is 37.0 Å². The van der Waals surface area contributed by atoms with E-state index in [4.69, 9.17) is 14.2 Å². The van der Waals surface area contributed by atoms with Crippen LogP contribution in [0.4, 0.5) is 0 Å². The van der Waals surface area contributed by atoms with Gasteiger partial charge in [-0.15, -0.1) is 0 Å². The number of hydrogen-bond donors (Lipinski definition) is 1. The zero-order chi connectivity index (χ0) is 20.5. The molecule has 3 unspecified atom stereocenters. The number of rotatable bonds is 5. The van der Waals surface area contributed by atoms with Crippen molar-refractivity contribution in [2.45, 2.75) is 52.3 Å². The Balaban J connectivity index is 1.72. The fourth-order valence-electron chi connectivity index (χ4n) is 4.82. The van der Waals surface area contributed by atoms with Gasteiger partial charge >= 0.3 is 0 Å². The molecule has 6 heteroatoms. The highest BCUT2D eigenvalue weighted by atomic mass is 16.5. The van der Waals surface area contributed by atoms with Crippen molar-refractivity contribution >= 4 is 5.96 Å². The molecule has 1 heterocycles. The summed E-state index contributed by atoms with van der Waals surface area (Å²) >= 11 is 0. The van der Waals surface area contributed by atoms with Crippen molar-refractivity contribution in [1.29, 1.82) is 0 Å². The first-order chi connectivity index (χ1) is 13.3. The second-order valence-electron chi connectivity index (χ2n) is 8.58. The molecular formula is C22H35N3O3. The monoisotopic (exact) mass is 389 g/mol. The fourth-order valence-corrected chi connectivity index (χ4v) is 4.82. The number of hydrogen-bond acceptors (Lipinski definition) is 4.